The number of piperidine rings is 1. The molecular weight excluding hydrogens is 314 g/mol. The third-order valence-electron chi connectivity index (χ3n) is 5.24. The molecule has 4 rings (SSSR count). The maximum Gasteiger partial charge on any atom is 0.254 e. The van der Waals surface area contributed by atoms with Gasteiger partial charge in [0.2, 0.25) is 0 Å². The number of H-pyrrole nitrogens is 1. The van der Waals surface area contributed by atoms with Gasteiger partial charge in [0, 0.05) is 55.7 Å². The number of hydrogen-bond acceptors (Lipinski definition) is 4. The second-order valence-corrected chi connectivity index (χ2v) is 7.14. The van der Waals surface area contributed by atoms with E-state index in [-0.39, 0.29) is 5.91 Å². The molecule has 1 amide bonds. The first-order valence-corrected chi connectivity index (χ1v) is 9.22. The second-order valence-electron chi connectivity index (χ2n) is 7.14. The van der Waals surface area contributed by atoms with Gasteiger partial charge in [-0.05, 0) is 44.7 Å². The van der Waals surface area contributed by atoms with E-state index in [9.17, 15) is 4.79 Å². The first-order valence-electron chi connectivity index (χ1n) is 9.22. The summed E-state index contributed by atoms with van der Waals surface area (Å²) in [5, 5.41) is 0. The fourth-order valence-electron chi connectivity index (χ4n) is 3.88. The zero-order valence-electron chi connectivity index (χ0n) is 14.7. The summed E-state index contributed by atoms with van der Waals surface area (Å²) < 4.78 is 0. The minimum absolute atomic E-state index is 0.107. The number of nitrogens with one attached hydrogen (secondary N) is 1. The van der Waals surface area contributed by atoms with Crippen molar-refractivity contribution in [3.8, 4) is 0 Å². The lowest BCUT2D eigenvalue weighted by atomic mass is 9.97. The van der Waals surface area contributed by atoms with Crippen LogP contribution in [0.15, 0.2) is 24.5 Å². The highest BCUT2D eigenvalue weighted by molar-refractivity contribution is 5.95. The highest BCUT2D eigenvalue weighted by atomic mass is 16.2. The number of amides is 1. The number of imidazole rings is 1. The van der Waals surface area contributed by atoms with Gasteiger partial charge in [-0.2, -0.15) is 0 Å². The number of likely N-dealkylation sites (tertiary alicyclic amines) is 1. The van der Waals surface area contributed by atoms with Gasteiger partial charge in [-0.1, -0.05) is 0 Å². The summed E-state index contributed by atoms with van der Waals surface area (Å²) in [6, 6.07) is 3.79. The summed E-state index contributed by atoms with van der Waals surface area (Å²) in [5.74, 6) is 2.34. The van der Waals surface area contributed by atoms with Gasteiger partial charge in [0.05, 0.1) is 0 Å². The van der Waals surface area contributed by atoms with Crippen LogP contribution >= 0.6 is 0 Å². The second kappa shape index (κ2) is 6.86. The van der Waals surface area contributed by atoms with Crippen LogP contribution in [-0.4, -0.2) is 51.9 Å². The fraction of sp³-hybridized carbons (Fsp3) is 0.526. The quantitative estimate of drug-likeness (QED) is 0.934. The number of rotatable bonds is 3. The van der Waals surface area contributed by atoms with Crippen molar-refractivity contribution >= 4 is 11.7 Å². The largest absolute Gasteiger partial charge is 0.357 e. The van der Waals surface area contributed by atoms with E-state index in [1.807, 2.05) is 30.2 Å². The molecule has 132 valence electrons. The number of aromatic amines is 1. The highest BCUT2D eigenvalue weighted by Crippen LogP contribution is 2.26. The molecule has 2 aliphatic heterocycles. The van der Waals surface area contributed by atoms with Crippen molar-refractivity contribution in [3.05, 3.63) is 41.6 Å². The molecule has 2 aromatic heterocycles. The molecule has 0 saturated carbocycles. The number of carbonyl (C=O) groups is 1. The smallest absolute Gasteiger partial charge is 0.254 e. The van der Waals surface area contributed by atoms with E-state index in [1.54, 1.807) is 6.20 Å². The van der Waals surface area contributed by atoms with Gasteiger partial charge in [0.15, 0.2) is 0 Å². The molecule has 1 unspecified atom stereocenters. The van der Waals surface area contributed by atoms with Crippen molar-refractivity contribution in [2.75, 3.05) is 31.1 Å². The number of anilines is 1. The monoisotopic (exact) mass is 339 g/mol. The Balaban J connectivity index is 1.49. The van der Waals surface area contributed by atoms with Crippen LogP contribution < -0.4 is 4.90 Å². The van der Waals surface area contributed by atoms with Crippen LogP contribution in [0.3, 0.4) is 0 Å². The van der Waals surface area contributed by atoms with Crippen LogP contribution in [0.2, 0.25) is 0 Å². The highest BCUT2D eigenvalue weighted by Gasteiger charge is 2.27. The Morgan fingerprint density at radius 1 is 1.20 bits per heavy atom. The zero-order valence-corrected chi connectivity index (χ0v) is 14.7. The van der Waals surface area contributed by atoms with Gasteiger partial charge in [-0.3, -0.25) is 4.79 Å². The van der Waals surface area contributed by atoms with Crippen LogP contribution in [0.1, 0.15) is 53.5 Å². The molecule has 0 aliphatic carbocycles. The fourth-order valence-corrected chi connectivity index (χ4v) is 3.88. The summed E-state index contributed by atoms with van der Waals surface area (Å²) >= 11 is 0. The minimum Gasteiger partial charge on any atom is -0.357 e. The van der Waals surface area contributed by atoms with Crippen molar-refractivity contribution in [3.63, 3.8) is 0 Å². The van der Waals surface area contributed by atoms with Crippen molar-refractivity contribution < 1.29 is 4.79 Å². The molecule has 0 spiro atoms. The van der Waals surface area contributed by atoms with Gasteiger partial charge in [-0.15, -0.1) is 0 Å². The van der Waals surface area contributed by atoms with Crippen molar-refractivity contribution in [2.45, 2.75) is 38.5 Å². The average Bonchev–Trinajstić information content (AvgIpc) is 3.33. The maximum atomic E-state index is 13.0. The molecule has 1 atom stereocenters. The lowest BCUT2D eigenvalue weighted by Crippen LogP contribution is -2.39. The van der Waals surface area contributed by atoms with E-state index in [1.165, 1.54) is 12.8 Å². The van der Waals surface area contributed by atoms with Crippen LogP contribution in [-0.2, 0) is 0 Å². The van der Waals surface area contributed by atoms with Gasteiger partial charge < -0.3 is 14.8 Å². The molecule has 1 N–H and O–H groups in total. The molecule has 2 aromatic rings. The summed E-state index contributed by atoms with van der Waals surface area (Å²) in [7, 11) is 0. The maximum absolute atomic E-state index is 13.0. The Bertz CT molecular complexity index is 750. The van der Waals surface area contributed by atoms with Crippen LogP contribution in [0.25, 0.3) is 0 Å². The van der Waals surface area contributed by atoms with E-state index in [2.05, 4.69) is 19.9 Å². The molecule has 2 aliphatic rings. The van der Waals surface area contributed by atoms with E-state index in [4.69, 9.17) is 0 Å². The van der Waals surface area contributed by atoms with Gasteiger partial charge in [0.1, 0.15) is 11.6 Å². The van der Waals surface area contributed by atoms with Crippen molar-refractivity contribution in [2.24, 2.45) is 0 Å². The Hall–Kier alpha value is -2.37. The Kier molecular flexibility index (Phi) is 4.42. The normalized spacial score (nSPS) is 20.9. The third kappa shape index (κ3) is 3.38. The van der Waals surface area contributed by atoms with Gasteiger partial charge in [0.25, 0.3) is 5.91 Å². The molecule has 6 nitrogen and oxygen atoms in total. The summed E-state index contributed by atoms with van der Waals surface area (Å²) in [6.07, 6.45) is 8.12. The first kappa shape index (κ1) is 16.1. The SMILES string of the molecule is Cc1cnc(C2CCCN(C(=O)c3ccnc(N4CCCC4)c3)C2)[nH]1. The molecule has 0 bridgehead atoms. The number of carbonyl (C=O) groups excluding carboxylic acids is 1. The standard InChI is InChI=1S/C19H25N5O/c1-14-12-21-18(22-14)16-5-4-10-24(13-16)19(25)15-6-7-20-17(11-15)23-8-2-3-9-23/h6-7,11-12,16H,2-5,8-10,13H2,1H3,(H,21,22). The summed E-state index contributed by atoms with van der Waals surface area (Å²) in [4.78, 5) is 29.5. The summed E-state index contributed by atoms with van der Waals surface area (Å²) in [6.45, 7) is 5.63. The molecule has 2 saturated heterocycles. The molecule has 2 fully saturated rings. The predicted octanol–water partition coefficient (Wildman–Crippen LogP) is 2.73. The zero-order chi connectivity index (χ0) is 17.2. The molecule has 6 heteroatoms. The molecule has 0 aromatic carbocycles. The number of hydrogen-bond donors (Lipinski definition) is 1. The van der Waals surface area contributed by atoms with Crippen LogP contribution in [0.5, 0.6) is 0 Å². The number of aromatic nitrogens is 3. The summed E-state index contributed by atoms with van der Waals surface area (Å²) in [5.41, 5.74) is 1.82. The first-order chi connectivity index (χ1) is 12.2. The van der Waals surface area contributed by atoms with E-state index < -0.39 is 0 Å². The van der Waals surface area contributed by atoms with Crippen LogP contribution in [0.4, 0.5) is 5.82 Å². The minimum atomic E-state index is 0.107. The Morgan fingerprint density at radius 3 is 2.80 bits per heavy atom. The van der Waals surface area contributed by atoms with Gasteiger partial charge in [-0.25, -0.2) is 9.97 Å². The predicted molar refractivity (Wildman–Crippen MR) is 96.9 cm³/mol. The van der Waals surface area contributed by atoms with Crippen LogP contribution in [0, 0.1) is 6.92 Å². The number of aryl methyl sites for hydroxylation is 1. The van der Waals surface area contributed by atoms with E-state index in [0.717, 1.165) is 61.9 Å². The van der Waals surface area contributed by atoms with Gasteiger partial charge >= 0.3 is 0 Å². The van der Waals surface area contributed by atoms with E-state index in [0.29, 0.717) is 5.92 Å². The Morgan fingerprint density at radius 2 is 2.04 bits per heavy atom. The Labute approximate surface area is 148 Å². The molecule has 25 heavy (non-hydrogen) atoms. The lowest BCUT2D eigenvalue weighted by Gasteiger charge is -2.32. The van der Waals surface area contributed by atoms with Crippen molar-refractivity contribution in [1.82, 2.24) is 19.9 Å². The topological polar surface area (TPSA) is 65.1 Å². The molecular formula is C19H25N5O. The molecule has 4 heterocycles. The number of pyridine rings is 1. The molecule has 0 radical (unpaired) electrons. The third-order valence-corrected chi connectivity index (χ3v) is 5.24. The lowest BCUT2D eigenvalue weighted by molar-refractivity contribution is 0.0704. The number of nitrogens with zero attached hydrogens (tertiary/aromatic N) is 4. The van der Waals surface area contributed by atoms with Crippen molar-refractivity contribution in [1.29, 1.82) is 0 Å². The van der Waals surface area contributed by atoms with E-state index >= 15 is 0 Å². The average molecular weight is 339 g/mol.